The number of anilines is 1. The Hall–Kier alpha value is -4.39. The molecule has 1 aliphatic heterocycles. The maximum atomic E-state index is 15.0. The van der Waals surface area contributed by atoms with Crippen LogP contribution in [0, 0.1) is 5.82 Å². The number of aliphatic carboxylic acids is 1. The summed E-state index contributed by atoms with van der Waals surface area (Å²) in [7, 11) is 0. The fourth-order valence-electron chi connectivity index (χ4n) is 4.39. The number of likely N-dealkylation sites (tertiary alicyclic amines) is 1. The number of nitrogens with two attached hydrogens (primary N) is 1. The number of fused-ring (bicyclic) bond motifs is 1. The number of ether oxygens (including phenoxy) is 1. The first kappa shape index (κ1) is 27.6. The number of nitrogens with zero attached hydrogens (tertiary/aromatic N) is 2. The largest absolute Gasteiger partial charge is 0.482 e. The van der Waals surface area contributed by atoms with Crippen molar-refractivity contribution in [3.63, 3.8) is 0 Å². The topological polar surface area (TPSA) is 156 Å². The van der Waals surface area contributed by atoms with Gasteiger partial charge in [0, 0.05) is 30.1 Å². The van der Waals surface area contributed by atoms with Gasteiger partial charge < -0.3 is 31.1 Å². The molecule has 0 bridgehead atoms. The van der Waals surface area contributed by atoms with Crippen molar-refractivity contribution in [1.29, 1.82) is 0 Å². The Morgan fingerprint density at radius 3 is 2.69 bits per heavy atom. The van der Waals surface area contributed by atoms with E-state index in [2.05, 4.69) is 10.6 Å². The molecular weight excluding hydrogens is 540 g/mol. The third kappa shape index (κ3) is 6.03. The first-order valence-electron chi connectivity index (χ1n) is 11.6. The summed E-state index contributed by atoms with van der Waals surface area (Å²) in [6.45, 7) is -0.0139. The molecule has 0 spiro atoms. The van der Waals surface area contributed by atoms with Crippen molar-refractivity contribution in [3.05, 3.63) is 59.0 Å². The summed E-state index contributed by atoms with van der Waals surface area (Å²) in [4.78, 5) is 50.0. The van der Waals surface area contributed by atoms with Crippen LogP contribution in [0.3, 0.4) is 0 Å². The van der Waals surface area contributed by atoms with Gasteiger partial charge >= 0.3 is 18.0 Å². The van der Waals surface area contributed by atoms with Crippen molar-refractivity contribution in [3.8, 4) is 5.75 Å². The minimum atomic E-state index is -1.89. The fraction of sp³-hybridized carbons (Fsp3) is 0.280. The fourth-order valence-corrected chi connectivity index (χ4v) is 4.58. The number of hydrogen-bond acceptors (Lipinski definition) is 5. The summed E-state index contributed by atoms with van der Waals surface area (Å²) in [6, 6.07) is 5.66. The molecule has 5 N–H and O–H groups in total. The molecule has 3 aromatic rings. The van der Waals surface area contributed by atoms with Crippen molar-refractivity contribution in [2.75, 3.05) is 18.5 Å². The van der Waals surface area contributed by atoms with Crippen LogP contribution in [0.25, 0.3) is 10.9 Å². The van der Waals surface area contributed by atoms with Gasteiger partial charge in [0.15, 0.2) is 6.61 Å². The van der Waals surface area contributed by atoms with Gasteiger partial charge in [0.25, 0.3) is 0 Å². The number of aromatic nitrogens is 1. The molecule has 1 aliphatic rings. The highest BCUT2D eigenvalue weighted by molar-refractivity contribution is 6.30. The summed E-state index contributed by atoms with van der Waals surface area (Å²) in [5.41, 5.74) is 4.04. The number of benzene rings is 2. The molecule has 4 amide bonds. The smallest absolute Gasteiger partial charge is 0.341 e. The van der Waals surface area contributed by atoms with E-state index in [1.54, 1.807) is 0 Å². The molecule has 1 unspecified atom stereocenters. The lowest BCUT2D eigenvalue weighted by Crippen LogP contribution is -2.47. The number of primary amides is 1. The van der Waals surface area contributed by atoms with Gasteiger partial charge in [0.2, 0.25) is 5.91 Å². The number of halogens is 3. The molecule has 11 nitrogen and oxygen atoms in total. The summed E-state index contributed by atoms with van der Waals surface area (Å²) >= 11 is 5.78. The molecule has 206 valence electrons. The second-order valence-corrected chi connectivity index (χ2v) is 9.64. The van der Waals surface area contributed by atoms with Crippen molar-refractivity contribution in [2.45, 2.75) is 31.6 Å². The second-order valence-electron chi connectivity index (χ2n) is 9.23. The Kier molecular flexibility index (Phi) is 7.63. The Bertz CT molecular complexity index is 1480. The zero-order valence-corrected chi connectivity index (χ0v) is 21.3. The molecule has 1 fully saturated rings. The molecular formula is C25H24ClF2N5O6. The Morgan fingerprint density at radius 2 is 2.00 bits per heavy atom. The number of hydrogen-bond donors (Lipinski definition) is 4. The van der Waals surface area contributed by atoms with Crippen LogP contribution in [-0.2, 0) is 16.1 Å². The van der Waals surface area contributed by atoms with E-state index in [4.69, 9.17) is 27.2 Å². The number of nitrogens with one attached hydrogen (secondary N) is 2. The van der Waals surface area contributed by atoms with Crippen LogP contribution in [0.2, 0.25) is 5.02 Å². The van der Waals surface area contributed by atoms with Crippen LogP contribution in [-0.4, -0.2) is 63.4 Å². The van der Waals surface area contributed by atoms with E-state index in [-0.39, 0.29) is 45.9 Å². The molecule has 14 heteroatoms. The second kappa shape index (κ2) is 10.8. The zero-order valence-electron chi connectivity index (χ0n) is 20.5. The van der Waals surface area contributed by atoms with Gasteiger partial charge in [-0.2, -0.15) is 0 Å². The maximum Gasteiger partial charge on any atom is 0.341 e. The SMILES string of the molecule is C[C@@]1(F)CC(C(=O)NCc2cccc(Cl)c2F)N(C(=O)Nc2cn(C(N)=O)c3ccc(OCC(=O)O)cc23)C1. The molecule has 1 aromatic heterocycles. The average Bonchev–Trinajstić information content (AvgIpc) is 3.40. The normalized spacial score (nSPS) is 18.7. The Balaban J connectivity index is 1.56. The van der Waals surface area contributed by atoms with E-state index in [0.717, 1.165) is 9.47 Å². The lowest BCUT2D eigenvalue weighted by Gasteiger charge is -2.24. The molecule has 39 heavy (non-hydrogen) atoms. The van der Waals surface area contributed by atoms with Gasteiger partial charge in [-0.15, -0.1) is 0 Å². The lowest BCUT2D eigenvalue weighted by atomic mass is 10.0. The van der Waals surface area contributed by atoms with E-state index in [0.29, 0.717) is 0 Å². The monoisotopic (exact) mass is 563 g/mol. The molecule has 2 heterocycles. The first-order chi connectivity index (χ1) is 18.4. The number of carbonyl (C=O) groups excluding carboxylic acids is 3. The van der Waals surface area contributed by atoms with Gasteiger partial charge in [0.05, 0.1) is 22.8 Å². The van der Waals surface area contributed by atoms with E-state index >= 15 is 4.39 Å². The van der Waals surface area contributed by atoms with Crippen LogP contribution >= 0.6 is 11.6 Å². The number of alkyl halides is 1. The van der Waals surface area contributed by atoms with Crippen LogP contribution in [0.1, 0.15) is 18.9 Å². The molecule has 2 aromatic carbocycles. The quantitative estimate of drug-likeness (QED) is 0.345. The zero-order chi connectivity index (χ0) is 28.5. The third-order valence-electron chi connectivity index (χ3n) is 6.16. The third-order valence-corrected chi connectivity index (χ3v) is 6.45. The van der Waals surface area contributed by atoms with Crippen LogP contribution in [0.15, 0.2) is 42.6 Å². The van der Waals surface area contributed by atoms with E-state index < -0.39 is 54.6 Å². The molecule has 0 saturated carbocycles. The number of urea groups is 1. The minimum Gasteiger partial charge on any atom is -0.482 e. The van der Waals surface area contributed by atoms with Gasteiger partial charge in [0.1, 0.15) is 23.3 Å². The van der Waals surface area contributed by atoms with Crippen molar-refractivity contribution < 1.29 is 37.8 Å². The van der Waals surface area contributed by atoms with Crippen LogP contribution in [0.5, 0.6) is 5.75 Å². The molecule has 2 atom stereocenters. The summed E-state index contributed by atoms with van der Waals surface area (Å²) in [5.74, 6) is -2.46. The first-order valence-corrected chi connectivity index (χ1v) is 12.0. The highest BCUT2D eigenvalue weighted by atomic mass is 35.5. The Labute approximate surface area is 225 Å². The van der Waals surface area contributed by atoms with Gasteiger partial charge in [-0.1, -0.05) is 23.7 Å². The highest BCUT2D eigenvalue weighted by Crippen LogP contribution is 2.33. The number of amides is 4. The predicted octanol–water partition coefficient (Wildman–Crippen LogP) is 3.47. The standard InChI is InChI=1S/C25H24ClF2N5O6/c1-25(28)8-19(22(36)30-9-13-3-2-4-16(26)21(13)27)33(12-25)24(38)31-17-10-32(23(29)37)18-6-5-14(7-15(17)18)39-11-20(34)35/h2-7,10,19H,8-9,11-12H2,1H3,(H2,29,37)(H,30,36)(H,31,38)(H,34,35)/t19?,25-/m1/s1. The number of carboxylic acids is 1. The van der Waals surface area contributed by atoms with Gasteiger partial charge in [-0.3, -0.25) is 9.36 Å². The maximum absolute atomic E-state index is 15.0. The predicted molar refractivity (Wildman–Crippen MR) is 137 cm³/mol. The highest BCUT2D eigenvalue weighted by Gasteiger charge is 2.46. The molecule has 0 radical (unpaired) electrons. The van der Waals surface area contributed by atoms with E-state index in [1.165, 1.54) is 49.5 Å². The van der Waals surface area contributed by atoms with Crippen molar-refractivity contribution >= 4 is 52.1 Å². The molecule has 0 aliphatic carbocycles. The van der Waals surface area contributed by atoms with Gasteiger partial charge in [-0.25, -0.2) is 23.2 Å². The van der Waals surface area contributed by atoms with Crippen molar-refractivity contribution in [1.82, 2.24) is 14.8 Å². The summed E-state index contributed by atoms with van der Waals surface area (Å²) in [5, 5.41) is 14.1. The summed E-state index contributed by atoms with van der Waals surface area (Å²) in [6.07, 6.45) is 0.939. The number of rotatable bonds is 7. The Morgan fingerprint density at radius 1 is 1.26 bits per heavy atom. The minimum absolute atomic E-state index is 0.0854. The van der Waals surface area contributed by atoms with Crippen LogP contribution in [0.4, 0.5) is 24.1 Å². The van der Waals surface area contributed by atoms with Crippen molar-refractivity contribution in [2.24, 2.45) is 5.73 Å². The van der Waals surface area contributed by atoms with Crippen LogP contribution < -0.4 is 21.1 Å². The average molecular weight is 564 g/mol. The lowest BCUT2D eigenvalue weighted by molar-refractivity contribution is -0.139. The van der Waals surface area contributed by atoms with E-state index in [1.807, 2.05) is 0 Å². The number of carboxylic acid groups (broad SMARTS) is 1. The molecule has 1 saturated heterocycles. The number of carbonyl (C=O) groups is 4. The van der Waals surface area contributed by atoms with Gasteiger partial charge in [-0.05, 0) is 31.2 Å². The van der Waals surface area contributed by atoms with E-state index in [9.17, 15) is 23.6 Å². The summed E-state index contributed by atoms with van der Waals surface area (Å²) < 4.78 is 35.4. The molecule has 4 rings (SSSR count).